The molecule has 0 fully saturated rings. The molecule has 0 radical (unpaired) electrons. The third kappa shape index (κ3) is 6.94. The minimum absolute atomic E-state index is 0.303. The first-order chi connectivity index (χ1) is 10.4. The van der Waals surface area contributed by atoms with E-state index in [0.29, 0.717) is 12.6 Å². The van der Waals surface area contributed by atoms with E-state index in [1.165, 1.54) is 5.56 Å². The van der Waals surface area contributed by atoms with Crippen molar-refractivity contribution in [1.82, 2.24) is 10.2 Å². The maximum Gasteiger partial charge on any atom is 0.407 e. The third-order valence-corrected chi connectivity index (χ3v) is 3.50. The normalized spacial score (nSPS) is 13.0. The van der Waals surface area contributed by atoms with E-state index in [1.807, 2.05) is 26.8 Å². The Labute approximate surface area is 134 Å². The fourth-order valence-corrected chi connectivity index (χ4v) is 2.36. The van der Waals surface area contributed by atoms with E-state index in [4.69, 9.17) is 4.74 Å². The predicted molar refractivity (Wildman–Crippen MR) is 90.8 cm³/mol. The smallest absolute Gasteiger partial charge is 0.407 e. The number of amides is 1. The Hall–Kier alpha value is -1.55. The second kappa shape index (κ2) is 8.79. The first kappa shape index (κ1) is 18.5. The molecule has 1 aromatic rings. The summed E-state index contributed by atoms with van der Waals surface area (Å²) in [5.74, 6) is 0. The van der Waals surface area contributed by atoms with E-state index in [9.17, 15) is 4.79 Å². The second-order valence-electron chi connectivity index (χ2n) is 6.49. The first-order valence-corrected chi connectivity index (χ1v) is 8.10. The summed E-state index contributed by atoms with van der Waals surface area (Å²) in [5.41, 5.74) is 0.834. The Morgan fingerprint density at radius 2 is 1.86 bits per heavy atom. The Morgan fingerprint density at radius 1 is 1.23 bits per heavy atom. The molecule has 124 valence electrons. The molecule has 1 aromatic carbocycles. The monoisotopic (exact) mass is 306 g/mol. The SMILES string of the molecule is CC[C@@H](CNC(=O)OC(C)(C)C)N(CC)Cc1ccccc1. The van der Waals surface area contributed by atoms with E-state index in [-0.39, 0.29) is 6.09 Å². The van der Waals surface area contributed by atoms with Crippen molar-refractivity contribution in [3.63, 3.8) is 0 Å². The van der Waals surface area contributed by atoms with Crippen LogP contribution in [0.25, 0.3) is 0 Å². The molecular formula is C18H30N2O2. The van der Waals surface area contributed by atoms with Gasteiger partial charge in [-0.3, -0.25) is 4.90 Å². The second-order valence-corrected chi connectivity index (χ2v) is 6.49. The summed E-state index contributed by atoms with van der Waals surface area (Å²) in [4.78, 5) is 14.2. The van der Waals surface area contributed by atoms with Crippen LogP contribution in [0, 0.1) is 0 Å². The number of alkyl carbamates (subject to hydrolysis) is 1. The summed E-state index contributed by atoms with van der Waals surface area (Å²) in [6.07, 6.45) is 0.637. The fourth-order valence-electron chi connectivity index (χ4n) is 2.36. The minimum Gasteiger partial charge on any atom is -0.444 e. The van der Waals surface area contributed by atoms with Gasteiger partial charge in [-0.05, 0) is 39.3 Å². The van der Waals surface area contributed by atoms with Gasteiger partial charge < -0.3 is 10.1 Å². The topological polar surface area (TPSA) is 41.6 Å². The number of likely N-dealkylation sites (N-methyl/N-ethyl adjacent to an activating group) is 1. The van der Waals surface area contributed by atoms with Crippen LogP contribution in [0.1, 0.15) is 46.6 Å². The van der Waals surface area contributed by atoms with Crippen molar-refractivity contribution in [2.75, 3.05) is 13.1 Å². The lowest BCUT2D eigenvalue weighted by atomic mass is 10.1. The summed E-state index contributed by atoms with van der Waals surface area (Å²) in [7, 11) is 0. The van der Waals surface area contributed by atoms with Crippen molar-refractivity contribution in [1.29, 1.82) is 0 Å². The van der Waals surface area contributed by atoms with Gasteiger partial charge in [-0.2, -0.15) is 0 Å². The highest BCUT2D eigenvalue weighted by molar-refractivity contribution is 5.67. The van der Waals surface area contributed by atoms with Gasteiger partial charge in [-0.15, -0.1) is 0 Å². The van der Waals surface area contributed by atoms with E-state index < -0.39 is 5.60 Å². The Balaban J connectivity index is 2.55. The van der Waals surface area contributed by atoms with E-state index in [2.05, 4.69) is 48.3 Å². The molecule has 0 aliphatic heterocycles. The van der Waals surface area contributed by atoms with Crippen LogP contribution in [0.4, 0.5) is 4.79 Å². The highest BCUT2D eigenvalue weighted by Crippen LogP contribution is 2.11. The standard InChI is InChI=1S/C18H30N2O2/c1-6-16(13-19-17(21)22-18(3,4)5)20(7-2)14-15-11-9-8-10-12-15/h8-12,16H,6-7,13-14H2,1-5H3,(H,19,21)/t16-/m0/s1. The van der Waals surface area contributed by atoms with Crippen molar-refractivity contribution >= 4 is 6.09 Å². The Morgan fingerprint density at radius 3 is 2.36 bits per heavy atom. The van der Waals surface area contributed by atoms with Gasteiger partial charge in [-0.1, -0.05) is 44.2 Å². The van der Waals surface area contributed by atoms with Crippen molar-refractivity contribution in [2.24, 2.45) is 0 Å². The molecule has 1 amide bonds. The van der Waals surface area contributed by atoms with Gasteiger partial charge in [0.2, 0.25) is 0 Å². The number of carbonyl (C=O) groups excluding carboxylic acids is 1. The highest BCUT2D eigenvalue weighted by Gasteiger charge is 2.19. The molecule has 4 nitrogen and oxygen atoms in total. The van der Waals surface area contributed by atoms with Gasteiger partial charge >= 0.3 is 6.09 Å². The van der Waals surface area contributed by atoms with Gasteiger partial charge in [0, 0.05) is 19.1 Å². The Kier molecular flexibility index (Phi) is 7.39. The molecule has 0 spiro atoms. The summed E-state index contributed by atoms with van der Waals surface area (Å²) < 4.78 is 5.30. The molecule has 0 unspecified atom stereocenters. The average molecular weight is 306 g/mol. The van der Waals surface area contributed by atoms with Crippen molar-refractivity contribution in [3.8, 4) is 0 Å². The maximum atomic E-state index is 11.8. The number of hydrogen-bond donors (Lipinski definition) is 1. The largest absolute Gasteiger partial charge is 0.444 e. The molecule has 22 heavy (non-hydrogen) atoms. The molecule has 0 saturated carbocycles. The van der Waals surface area contributed by atoms with Gasteiger partial charge in [-0.25, -0.2) is 4.79 Å². The van der Waals surface area contributed by atoms with E-state index in [0.717, 1.165) is 19.5 Å². The van der Waals surface area contributed by atoms with Crippen LogP contribution in [0.2, 0.25) is 0 Å². The summed E-state index contributed by atoms with van der Waals surface area (Å²) in [6, 6.07) is 10.7. The first-order valence-electron chi connectivity index (χ1n) is 8.10. The van der Waals surface area contributed by atoms with Crippen LogP contribution in [0.3, 0.4) is 0 Å². The summed E-state index contributed by atoms with van der Waals surface area (Å²) >= 11 is 0. The number of rotatable bonds is 7. The zero-order valence-corrected chi connectivity index (χ0v) is 14.6. The molecule has 0 aliphatic rings. The quantitative estimate of drug-likeness (QED) is 0.833. The summed E-state index contributed by atoms with van der Waals surface area (Å²) in [6.45, 7) is 12.4. The zero-order chi connectivity index (χ0) is 16.6. The molecule has 0 aromatic heterocycles. The van der Waals surface area contributed by atoms with Gasteiger partial charge in [0.05, 0.1) is 0 Å². The number of nitrogens with one attached hydrogen (secondary N) is 1. The zero-order valence-electron chi connectivity index (χ0n) is 14.6. The van der Waals surface area contributed by atoms with Crippen LogP contribution in [-0.4, -0.2) is 35.7 Å². The number of ether oxygens (including phenoxy) is 1. The molecule has 0 bridgehead atoms. The number of carbonyl (C=O) groups is 1. The van der Waals surface area contributed by atoms with Crippen molar-refractivity contribution in [2.45, 2.75) is 59.2 Å². The van der Waals surface area contributed by atoms with Gasteiger partial charge in [0.1, 0.15) is 5.60 Å². The summed E-state index contributed by atoms with van der Waals surface area (Å²) in [5, 5.41) is 2.89. The molecule has 1 N–H and O–H groups in total. The predicted octanol–water partition coefficient (Wildman–Crippen LogP) is 3.81. The van der Waals surface area contributed by atoms with Crippen LogP contribution in [0.5, 0.6) is 0 Å². The molecule has 4 heteroatoms. The molecule has 0 saturated heterocycles. The Bertz CT molecular complexity index is 440. The van der Waals surface area contributed by atoms with Crippen LogP contribution < -0.4 is 5.32 Å². The maximum absolute atomic E-state index is 11.8. The van der Waals surface area contributed by atoms with Crippen LogP contribution in [0.15, 0.2) is 30.3 Å². The third-order valence-electron chi connectivity index (χ3n) is 3.50. The molecule has 1 atom stereocenters. The number of hydrogen-bond acceptors (Lipinski definition) is 3. The molecule has 0 heterocycles. The lowest BCUT2D eigenvalue weighted by Gasteiger charge is -2.30. The van der Waals surface area contributed by atoms with Gasteiger partial charge in [0.15, 0.2) is 0 Å². The molecule has 0 aliphatic carbocycles. The van der Waals surface area contributed by atoms with E-state index >= 15 is 0 Å². The van der Waals surface area contributed by atoms with Gasteiger partial charge in [0.25, 0.3) is 0 Å². The molecule has 1 rings (SSSR count). The lowest BCUT2D eigenvalue weighted by Crippen LogP contribution is -2.44. The van der Waals surface area contributed by atoms with Crippen molar-refractivity contribution in [3.05, 3.63) is 35.9 Å². The van der Waals surface area contributed by atoms with Crippen molar-refractivity contribution < 1.29 is 9.53 Å². The lowest BCUT2D eigenvalue weighted by molar-refractivity contribution is 0.0505. The fraction of sp³-hybridized carbons (Fsp3) is 0.611. The van der Waals surface area contributed by atoms with Crippen LogP contribution in [-0.2, 0) is 11.3 Å². The minimum atomic E-state index is -0.458. The van der Waals surface area contributed by atoms with Crippen LogP contribution >= 0.6 is 0 Å². The van der Waals surface area contributed by atoms with E-state index in [1.54, 1.807) is 0 Å². The highest BCUT2D eigenvalue weighted by atomic mass is 16.6. The number of benzene rings is 1. The molecular weight excluding hydrogens is 276 g/mol. The number of nitrogens with zero attached hydrogens (tertiary/aromatic N) is 1. The average Bonchev–Trinajstić information content (AvgIpc) is 2.45.